The van der Waals surface area contributed by atoms with Crippen molar-refractivity contribution in [1.82, 2.24) is 9.61 Å². The lowest BCUT2D eigenvalue weighted by Crippen LogP contribution is -2.43. The molecule has 2 heterocycles. The second-order valence-corrected chi connectivity index (χ2v) is 5.33. The maximum Gasteiger partial charge on any atom is 0.252 e. The van der Waals surface area contributed by atoms with Crippen LogP contribution in [0.2, 0.25) is 0 Å². The molecule has 3 rings (SSSR count). The highest BCUT2D eigenvalue weighted by Crippen LogP contribution is 2.26. The fourth-order valence-electron chi connectivity index (χ4n) is 2.86. The minimum atomic E-state index is -0.479. The molecular weight excluding hydrogens is 254 g/mol. The maximum absolute atomic E-state index is 11.6. The van der Waals surface area contributed by atoms with Crippen LogP contribution < -0.4 is 16.8 Å². The Balaban J connectivity index is 2.01. The van der Waals surface area contributed by atoms with E-state index in [2.05, 4.69) is 10.4 Å². The van der Waals surface area contributed by atoms with Crippen LogP contribution in [-0.4, -0.2) is 27.6 Å². The number of aromatic nitrogens is 2. The van der Waals surface area contributed by atoms with Gasteiger partial charge in [-0.1, -0.05) is 12.8 Å². The zero-order chi connectivity index (χ0) is 14.1. The molecule has 0 saturated heterocycles. The van der Waals surface area contributed by atoms with Crippen molar-refractivity contribution >= 4 is 17.1 Å². The van der Waals surface area contributed by atoms with Crippen molar-refractivity contribution in [3.05, 3.63) is 30.1 Å². The van der Waals surface area contributed by atoms with Gasteiger partial charge >= 0.3 is 0 Å². The Morgan fingerprint density at radius 3 is 2.95 bits per heavy atom. The van der Waals surface area contributed by atoms with Crippen LogP contribution in [-0.2, 0) is 0 Å². The van der Waals surface area contributed by atoms with Gasteiger partial charge in [0.1, 0.15) is 0 Å². The number of amides is 1. The molecular formula is C14H19N5O. The molecule has 0 aliphatic heterocycles. The van der Waals surface area contributed by atoms with Crippen LogP contribution in [0.15, 0.2) is 24.5 Å². The number of nitrogens with two attached hydrogens (primary N) is 2. The van der Waals surface area contributed by atoms with Crippen molar-refractivity contribution in [2.75, 3.05) is 5.32 Å². The molecule has 6 nitrogen and oxygen atoms in total. The van der Waals surface area contributed by atoms with Crippen LogP contribution in [0.4, 0.5) is 5.69 Å². The summed E-state index contributed by atoms with van der Waals surface area (Å²) in [6.07, 6.45) is 7.68. The summed E-state index contributed by atoms with van der Waals surface area (Å²) in [5.74, 6) is -0.479. The minimum absolute atomic E-state index is 0.104. The Morgan fingerprint density at radius 1 is 1.40 bits per heavy atom. The smallest absolute Gasteiger partial charge is 0.252 e. The quantitative estimate of drug-likeness (QED) is 0.780. The van der Waals surface area contributed by atoms with Gasteiger partial charge in [0.15, 0.2) is 0 Å². The fourth-order valence-corrected chi connectivity index (χ4v) is 2.86. The number of primary amides is 1. The summed E-state index contributed by atoms with van der Waals surface area (Å²) in [5, 5.41) is 7.60. The summed E-state index contributed by atoms with van der Waals surface area (Å²) in [4.78, 5) is 11.6. The molecule has 0 bridgehead atoms. The van der Waals surface area contributed by atoms with E-state index in [4.69, 9.17) is 11.5 Å². The average molecular weight is 273 g/mol. The minimum Gasteiger partial charge on any atom is -0.378 e. The van der Waals surface area contributed by atoms with Crippen LogP contribution in [0.3, 0.4) is 0 Å². The third-order valence-corrected chi connectivity index (χ3v) is 3.98. The van der Waals surface area contributed by atoms with E-state index in [-0.39, 0.29) is 12.1 Å². The van der Waals surface area contributed by atoms with E-state index >= 15 is 0 Å². The number of fused-ring (bicyclic) bond motifs is 1. The summed E-state index contributed by atoms with van der Waals surface area (Å²) in [7, 11) is 0. The molecule has 1 fully saturated rings. The third-order valence-electron chi connectivity index (χ3n) is 3.98. The van der Waals surface area contributed by atoms with Gasteiger partial charge in [0, 0.05) is 18.3 Å². The Kier molecular flexibility index (Phi) is 3.31. The van der Waals surface area contributed by atoms with Crippen LogP contribution in [0, 0.1) is 0 Å². The predicted molar refractivity (Wildman–Crippen MR) is 77.6 cm³/mol. The number of anilines is 1. The van der Waals surface area contributed by atoms with E-state index in [0.29, 0.717) is 5.56 Å². The first-order chi connectivity index (χ1) is 9.66. The molecule has 0 spiro atoms. The van der Waals surface area contributed by atoms with Crippen molar-refractivity contribution in [1.29, 1.82) is 0 Å². The molecule has 5 N–H and O–H groups in total. The van der Waals surface area contributed by atoms with E-state index in [9.17, 15) is 4.79 Å². The molecule has 6 heteroatoms. The second kappa shape index (κ2) is 5.13. The van der Waals surface area contributed by atoms with Crippen molar-refractivity contribution < 1.29 is 4.79 Å². The van der Waals surface area contributed by atoms with Crippen molar-refractivity contribution in [2.45, 2.75) is 37.8 Å². The van der Waals surface area contributed by atoms with E-state index in [1.54, 1.807) is 4.52 Å². The summed E-state index contributed by atoms with van der Waals surface area (Å²) in [6.45, 7) is 0. The van der Waals surface area contributed by atoms with Gasteiger partial charge in [-0.3, -0.25) is 4.79 Å². The van der Waals surface area contributed by atoms with Crippen molar-refractivity contribution in [2.24, 2.45) is 11.5 Å². The van der Waals surface area contributed by atoms with Crippen LogP contribution in [0.1, 0.15) is 36.0 Å². The van der Waals surface area contributed by atoms with Crippen molar-refractivity contribution in [3.8, 4) is 0 Å². The monoisotopic (exact) mass is 273 g/mol. The lowest BCUT2D eigenvalue weighted by Gasteiger charge is -2.30. The highest BCUT2D eigenvalue weighted by Gasteiger charge is 2.24. The molecule has 0 radical (unpaired) electrons. The normalized spacial score (nSPS) is 22.9. The highest BCUT2D eigenvalue weighted by atomic mass is 16.1. The number of nitrogens with zero attached hydrogens (tertiary/aromatic N) is 2. The van der Waals surface area contributed by atoms with Gasteiger partial charge in [0.2, 0.25) is 0 Å². The van der Waals surface area contributed by atoms with E-state index < -0.39 is 5.91 Å². The number of rotatable bonds is 3. The molecule has 1 aliphatic carbocycles. The molecule has 106 valence electrons. The summed E-state index contributed by atoms with van der Waals surface area (Å²) < 4.78 is 1.73. The Bertz CT molecular complexity index is 636. The van der Waals surface area contributed by atoms with Gasteiger partial charge < -0.3 is 16.8 Å². The zero-order valence-electron chi connectivity index (χ0n) is 11.2. The van der Waals surface area contributed by atoms with Gasteiger partial charge in [0.05, 0.1) is 23.0 Å². The lowest BCUT2D eigenvalue weighted by molar-refractivity contribution is 0.100. The summed E-state index contributed by atoms with van der Waals surface area (Å²) >= 11 is 0. The first-order valence-corrected chi connectivity index (χ1v) is 6.95. The number of nitrogens with one attached hydrogen (secondary N) is 1. The standard InChI is InChI=1S/C14H19N5O/c15-10-4-1-2-5-11(10)18-13-9(14(16)20)8-17-19-7-3-6-12(13)19/h3,6-8,10-11,18H,1-2,4-5,15H2,(H2,16,20). The SMILES string of the molecule is NC(=O)c1cnn2cccc2c1NC1CCCCC1N. The van der Waals surface area contributed by atoms with Crippen LogP contribution in [0.5, 0.6) is 0 Å². The van der Waals surface area contributed by atoms with Gasteiger partial charge in [-0.15, -0.1) is 0 Å². The second-order valence-electron chi connectivity index (χ2n) is 5.33. The molecule has 2 aromatic heterocycles. The number of hydrogen-bond donors (Lipinski definition) is 3. The van der Waals surface area contributed by atoms with Gasteiger partial charge in [0.25, 0.3) is 5.91 Å². The maximum atomic E-state index is 11.6. The average Bonchev–Trinajstić information content (AvgIpc) is 2.90. The van der Waals surface area contributed by atoms with Crippen LogP contribution in [0.25, 0.3) is 5.52 Å². The molecule has 0 aromatic carbocycles. The van der Waals surface area contributed by atoms with Gasteiger partial charge in [-0.2, -0.15) is 5.10 Å². The van der Waals surface area contributed by atoms with Gasteiger partial charge in [-0.05, 0) is 25.0 Å². The Hall–Kier alpha value is -2.08. The molecule has 2 atom stereocenters. The molecule has 1 aliphatic rings. The van der Waals surface area contributed by atoms with Crippen LogP contribution >= 0.6 is 0 Å². The fraction of sp³-hybridized carbons (Fsp3) is 0.429. The Morgan fingerprint density at radius 2 is 2.20 bits per heavy atom. The first-order valence-electron chi connectivity index (χ1n) is 6.95. The topological polar surface area (TPSA) is 98.4 Å². The molecule has 20 heavy (non-hydrogen) atoms. The highest BCUT2D eigenvalue weighted by molar-refractivity contribution is 6.01. The number of carbonyl (C=O) groups is 1. The largest absolute Gasteiger partial charge is 0.378 e. The summed E-state index contributed by atoms with van der Waals surface area (Å²) in [6, 6.07) is 4.07. The summed E-state index contributed by atoms with van der Waals surface area (Å²) in [5.41, 5.74) is 13.6. The lowest BCUT2D eigenvalue weighted by atomic mass is 9.90. The molecule has 2 aromatic rings. The van der Waals surface area contributed by atoms with E-state index in [1.165, 1.54) is 12.6 Å². The molecule has 1 saturated carbocycles. The van der Waals surface area contributed by atoms with Crippen molar-refractivity contribution in [3.63, 3.8) is 0 Å². The van der Waals surface area contributed by atoms with E-state index in [1.807, 2.05) is 18.3 Å². The first kappa shape index (κ1) is 12.9. The van der Waals surface area contributed by atoms with Gasteiger partial charge in [-0.25, -0.2) is 4.52 Å². The molecule has 1 amide bonds. The Labute approximate surface area is 117 Å². The van der Waals surface area contributed by atoms with E-state index in [0.717, 1.165) is 30.5 Å². The zero-order valence-corrected chi connectivity index (χ0v) is 11.2. The predicted octanol–water partition coefficient (Wildman–Crippen LogP) is 1.11. The number of hydrogen-bond acceptors (Lipinski definition) is 4. The third kappa shape index (κ3) is 2.22. The number of carbonyl (C=O) groups excluding carboxylic acids is 1. The molecule has 2 unspecified atom stereocenters.